The monoisotopic (exact) mass is 1020 g/mol. The van der Waals surface area contributed by atoms with E-state index in [1.54, 1.807) is 0 Å². The molecule has 17 atom stereocenters. The Morgan fingerprint density at radius 2 is 1.72 bits per heavy atom. The molecular formula is C63H91N3O8. The van der Waals surface area contributed by atoms with Gasteiger partial charge in [0.25, 0.3) is 0 Å². The van der Waals surface area contributed by atoms with Crippen molar-refractivity contribution in [1.82, 2.24) is 10.6 Å². The lowest BCUT2D eigenvalue weighted by molar-refractivity contribution is -0.214. The third-order valence-electron chi connectivity index (χ3n) is 23.2. The number of Topliss-reactive ketones (excluding diaryl/α,β-unsaturated/α-hetero) is 2. The fourth-order valence-corrected chi connectivity index (χ4v) is 20.6. The maximum Gasteiger partial charge on any atom is 0.160 e. The molecule has 17 unspecified atom stereocenters. The molecule has 9 N–H and O–H groups in total. The number of ketones is 2. The molecule has 6 saturated carbocycles. The number of allylic oxidation sites excluding steroid dienone is 2. The summed E-state index contributed by atoms with van der Waals surface area (Å²) >= 11 is 0. The van der Waals surface area contributed by atoms with E-state index in [2.05, 4.69) is 49.6 Å². The number of nitrogens with one attached hydrogen (secondary N) is 2. The number of fused-ring (bicyclic) bond motifs is 1. The van der Waals surface area contributed by atoms with Crippen LogP contribution in [0.4, 0.5) is 5.69 Å². The number of hydrogen-bond donors (Lipinski definition) is 8. The van der Waals surface area contributed by atoms with Crippen LogP contribution in [-0.2, 0) is 26.3 Å². The molecule has 8 fully saturated rings. The van der Waals surface area contributed by atoms with Gasteiger partial charge in [-0.2, -0.15) is 0 Å². The van der Waals surface area contributed by atoms with E-state index in [4.69, 9.17) is 10.5 Å². The van der Waals surface area contributed by atoms with Crippen molar-refractivity contribution < 1.29 is 39.9 Å². The normalized spacial score (nSPS) is 43.8. The number of aliphatic hydroxyl groups is 4. The van der Waals surface area contributed by atoms with Crippen molar-refractivity contribution in [1.29, 1.82) is 0 Å². The highest BCUT2D eigenvalue weighted by molar-refractivity contribution is 6.01. The molecule has 406 valence electrons. The average Bonchev–Trinajstić information content (AvgIpc) is 3.65. The number of phenolic OH excluding ortho intramolecular Hbond substituents is 1. The first kappa shape index (κ1) is 52.9. The second-order valence-corrected chi connectivity index (χ2v) is 27.4. The van der Waals surface area contributed by atoms with E-state index in [0.29, 0.717) is 76.8 Å². The van der Waals surface area contributed by atoms with Crippen LogP contribution in [0.3, 0.4) is 0 Å². The fourth-order valence-electron chi connectivity index (χ4n) is 20.6. The number of anilines is 1. The Labute approximate surface area is 441 Å². The minimum absolute atomic E-state index is 0.0141. The van der Waals surface area contributed by atoms with Crippen LogP contribution in [0.2, 0.25) is 0 Å². The maximum absolute atomic E-state index is 16.5. The number of β-amino-alcohol motifs (C(OH)–C–C–N with tert-alkyl or cyclic N) is 1. The van der Waals surface area contributed by atoms with Crippen LogP contribution in [0, 0.1) is 57.2 Å². The Morgan fingerprint density at radius 3 is 2.49 bits per heavy atom. The largest absolute Gasteiger partial charge is 0.508 e. The van der Waals surface area contributed by atoms with Crippen LogP contribution >= 0.6 is 0 Å². The van der Waals surface area contributed by atoms with Gasteiger partial charge in [0.1, 0.15) is 17.6 Å². The Kier molecular flexibility index (Phi) is 13.8. The van der Waals surface area contributed by atoms with E-state index >= 15 is 9.59 Å². The molecule has 0 amide bonds. The quantitative estimate of drug-likeness (QED) is 0.0703. The van der Waals surface area contributed by atoms with E-state index in [0.717, 1.165) is 99.4 Å². The zero-order valence-corrected chi connectivity index (χ0v) is 45.5. The molecule has 74 heavy (non-hydrogen) atoms. The molecular weight excluding hydrogens is 927 g/mol. The second-order valence-electron chi connectivity index (χ2n) is 27.4. The first-order valence-corrected chi connectivity index (χ1v) is 29.5. The SMILES string of the molecule is CNCc1cc(O)cc(C23CCCC45CC(=O)C(C(CC(O)C6OC6(C)C6CCCC6c6cccc(N)c6)C6CCCC(CO)C6)=C4CCC4C(C)(C2)C2C(CC45CCO)NCC(C)(O)CCCCC2(C)C3=O)c1. The van der Waals surface area contributed by atoms with Crippen LogP contribution in [0.1, 0.15) is 185 Å². The predicted molar refractivity (Wildman–Crippen MR) is 288 cm³/mol. The number of hydrogen-bond acceptors (Lipinski definition) is 11. The summed E-state index contributed by atoms with van der Waals surface area (Å²) in [6.07, 6.45) is 15.0. The summed E-state index contributed by atoms with van der Waals surface area (Å²) in [5.41, 5.74) is 7.81. The van der Waals surface area contributed by atoms with Gasteiger partial charge in [0, 0.05) is 55.3 Å². The molecule has 5 bridgehead atoms. The summed E-state index contributed by atoms with van der Waals surface area (Å²) in [5, 5.41) is 65.9. The number of aliphatic hydroxyl groups excluding tert-OH is 3. The van der Waals surface area contributed by atoms with Crippen molar-refractivity contribution in [3.05, 3.63) is 70.3 Å². The number of nitrogens with two attached hydrogens (primary N) is 1. The van der Waals surface area contributed by atoms with Crippen LogP contribution in [0.25, 0.3) is 0 Å². The van der Waals surface area contributed by atoms with Crippen molar-refractivity contribution in [3.8, 4) is 5.75 Å². The van der Waals surface area contributed by atoms with Crippen LogP contribution < -0.4 is 16.4 Å². The van der Waals surface area contributed by atoms with Crippen molar-refractivity contribution in [2.45, 2.75) is 210 Å². The number of benzene rings is 2. The molecule has 11 heteroatoms. The van der Waals surface area contributed by atoms with Crippen molar-refractivity contribution >= 4 is 17.3 Å². The second kappa shape index (κ2) is 19.3. The number of rotatable bonds is 13. The zero-order chi connectivity index (χ0) is 52.2. The smallest absolute Gasteiger partial charge is 0.160 e. The average molecular weight is 1020 g/mol. The summed E-state index contributed by atoms with van der Waals surface area (Å²) in [5.74, 6) is 1.26. The molecule has 11 nitrogen and oxygen atoms in total. The molecule has 0 aromatic heterocycles. The van der Waals surface area contributed by atoms with E-state index in [-0.39, 0.29) is 78.2 Å². The summed E-state index contributed by atoms with van der Waals surface area (Å²) < 4.78 is 6.76. The Bertz CT molecular complexity index is 2510. The molecule has 9 aliphatic rings. The number of carbonyl (C=O) groups excluding carboxylic acids is 2. The van der Waals surface area contributed by atoms with Crippen molar-refractivity contribution in [3.63, 3.8) is 0 Å². The molecule has 2 aromatic rings. The number of aromatic hydroxyl groups is 1. The van der Waals surface area contributed by atoms with Crippen molar-refractivity contribution in [2.75, 3.05) is 32.5 Å². The minimum Gasteiger partial charge on any atom is -0.508 e. The highest BCUT2D eigenvalue weighted by Gasteiger charge is 2.76. The van der Waals surface area contributed by atoms with Gasteiger partial charge in [0.15, 0.2) is 5.78 Å². The third kappa shape index (κ3) is 8.26. The van der Waals surface area contributed by atoms with E-state index < -0.39 is 44.4 Å². The molecule has 2 aliphatic heterocycles. The summed E-state index contributed by atoms with van der Waals surface area (Å²) in [6.45, 7) is 9.96. The molecule has 1 spiro atoms. The minimum atomic E-state index is -0.936. The van der Waals surface area contributed by atoms with Crippen LogP contribution in [-0.4, -0.2) is 93.4 Å². The lowest BCUT2D eigenvalue weighted by Crippen LogP contribution is -2.73. The molecule has 2 aromatic carbocycles. The number of carbonyl (C=O) groups is 2. The number of ether oxygens (including phenoxy) is 1. The van der Waals surface area contributed by atoms with Crippen molar-refractivity contribution in [2.24, 2.45) is 57.2 Å². The number of phenols is 1. The standard InChI is InChI=1S/C63H91N3O8/c1-57(73)20-6-7-21-58(2)54-49(66-37-57)32-63(24-25-67)52-19-18-48-53(51(71)33-62(48,63)23-11-22-61(56(58)72,36-59(52,54)3)42-27-39(34-65-5)28-44(69)30-42)46(40-13-8-12-38(26-40)35-68)31-50(70)55-60(4,74-55)47-17-10-16-45(47)41-14-9-15-43(64)29-41/h9,14-15,27-30,38,40,45-47,49-50,52,54-55,65-70,73H,6-8,10-13,16-26,31-37,64H2,1-5H3. The lowest BCUT2D eigenvalue weighted by Gasteiger charge is -2.72. The topological polar surface area (TPSA) is 198 Å². The lowest BCUT2D eigenvalue weighted by atomic mass is 9.31. The van der Waals surface area contributed by atoms with E-state index in [9.17, 15) is 25.5 Å². The van der Waals surface area contributed by atoms with Gasteiger partial charge in [-0.15, -0.1) is 0 Å². The molecule has 2 saturated heterocycles. The van der Waals surface area contributed by atoms with Gasteiger partial charge in [-0.25, -0.2) is 0 Å². The number of epoxide rings is 1. The van der Waals surface area contributed by atoms with Gasteiger partial charge in [0.2, 0.25) is 0 Å². The Balaban J connectivity index is 1.05. The van der Waals surface area contributed by atoms with Gasteiger partial charge in [-0.1, -0.05) is 69.7 Å². The summed E-state index contributed by atoms with van der Waals surface area (Å²) in [4.78, 5) is 32.5. The molecule has 2 heterocycles. The third-order valence-corrected chi connectivity index (χ3v) is 23.2. The van der Waals surface area contributed by atoms with Gasteiger partial charge in [-0.05, 0) is 216 Å². The molecule has 7 aliphatic carbocycles. The Morgan fingerprint density at radius 1 is 0.919 bits per heavy atom. The first-order chi connectivity index (χ1) is 35.3. The summed E-state index contributed by atoms with van der Waals surface area (Å²) in [6, 6.07) is 14.0. The summed E-state index contributed by atoms with van der Waals surface area (Å²) in [7, 11) is 1.91. The molecule has 11 rings (SSSR count). The van der Waals surface area contributed by atoms with E-state index in [1.807, 2.05) is 38.2 Å². The van der Waals surface area contributed by atoms with Gasteiger partial charge in [0.05, 0.1) is 22.7 Å². The highest BCUT2D eigenvalue weighted by Crippen LogP contribution is 2.79. The van der Waals surface area contributed by atoms with Crippen LogP contribution in [0.15, 0.2) is 53.6 Å². The fraction of sp³-hybridized carbons (Fsp3) is 0.746. The zero-order valence-electron chi connectivity index (χ0n) is 45.5. The predicted octanol–water partition coefficient (Wildman–Crippen LogP) is 9.35. The van der Waals surface area contributed by atoms with Gasteiger partial charge in [-0.3, -0.25) is 9.59 Å². The van der Waals surface area contributed by atoms with E-state index in [1.165, 1.54) is 11.1 Å². The van der Waals surface area contributed by atoms with Gasteiger partial charge < -0.3 is 46.6 Å². The number of nitrogen functional groups attached to an aromatic ring is 1. The van der Waals surface area contributed by atoms with Gasteiger partial charge >= 0.3 is 0 Å². The highest BCUT2D eigenvalue weighted by atomic mass is 16.6. The van der Waals surface area contributed by atoms with Crippen LogP contribution in [0.5, 0.6) is 5.75 Å². The Hall–Kier alpha value is -3.16. The first-order valence-electron chi connectivity index (χ1n) is 29.5. The maximum atomic E-state index is 16.5. The molecule has 0 radical (unpaired) electrons.